The van der Waals surface area contributed by atoms with Gasteiger partial charge in [-0.1, -0.05) is 23.7 Å². The van der Waals surface area contributed by atoms with Crippen LogP contribution in [0.1, 0.15) is 5.56 Å². The van der Waals surface area contributed by atoms with E-state index in [1.54, 1.807) is 12.1 Å². The molecule has 0 aromatic heterocycles. The number of ether oxygens (including phenoxy) is 1. The third kappa shape index (κ3) is 5.58. The monoisotopic (exact) mass is 353 g/mol. The van der Waals surface area contributed by atoms with E-state index in [-0.39, 0.29) is 17.4 Å². The molecule has 0 saturated heterocycles. The summed E-state index contributed by atoms with van der Waals surface area (Å²) in [4.78, 5) is 11.9. The molecule has 0 aliphatic rings. The first-order chi connectivity index (χ1) is 10.8. The lowest BCUT2D eigenvalue weighted by Crippen LogP contribution is -2.28. The summed E-state index contributed by atoms with van der Waals surface area (Å²) in [7, 11) is -3.24. The molecule has 0 aliphatic heterocycles. The molecule has 7 heteroatoms. The van der Waals surface area contributed by atoms with Gasteiger partial charge in [0.15, 0.2) is 16.4 Å². The first kappa shape index (κ1) is 17.3. The van der Waals surface area contributed by atoms with Gasteiger partial charge in [0.25, 0.3) is 5.91 Å². The van der Waals surface area contributed by atoms with Gasteiger partial charge in [0, 0.05) is 17.8 Å². The third-order valence-corrected chi connectivity index (χ3v) is 4.41. The zero-order chi connectivity index (χ0) is 16.9. The first-order valence-corrected chi connectivity index (χ1v) is 9.05. The summed E-state index contributed by atoms with van der Waals surface area (Å²) >= 11 is 5.79. The highest BCUT2D eigenvalue weighted by atomic mass is 35.5. The second-order valence-corrected chi connectivity index (χ2v) is 7.39. The Hall–Kier alpha value is -2.05. The quantitative estimate of drug-likeness (QED) is 0.865. The molecule has 2 aromatic rings. The molecule has 0 radical (unpaired) electrons. The summed E-state index contributed by atoms with van der Waals surface area (Å²) in [5.74, 6) is 0.159. The first-order valence-electron chi connectivity index (χ1n) is 6.79. The smallest absolute Gasteiger partial charge is 0.258 e. The molecule has 23 heavy (non-hydrogen) atoms. The van der Waals surface area contributed by atoms with Crippen LogP contribution in [0.25, 0.3) is 0 Å². The van der Waals surface area contributed by atoms with E-state index in [1.807, 2.05) is 12.1 Å². The number of amides is 1. The maximum atomic E-state index is 11.7. The zero-order valence-corrected chi connectivity index (χ0v) is 14.0. The fourth-order valence-electron chi connectivity index (χ4n) is 1.79. The van der Waals surface area contributed by atoms with Crippen LogP contribution in [0, 0.1) is 0 Å². The summed E-state index contributed by atoms with van der Waals surface area (Å²) in [5.41, 5.74) is 0.931. The molecule has 0 atom stereocenters. The normalized spacial score (nSPS) is 11.0. The Morgan fingerprint density at radius 3 is 2.26 bits per heavy atom. The molecule has 2 rings (SSSR count). The van der Waals surface area contributed by atoms with Gasteiger partial charge in [-0.2, -0.15) is 0 Å². The molecular weight excluding hydrogens is 338 g/mol. The summed E-state index contributed by atoms with van der Waals surface area (Å²) in [6.07, 6.45) is 1.13. The number of hydrogen-bond acceptors (Lipinski definition) is 4. The van der Waals surface area contributed by atoms with Gasteiger partial charge in [-0.25, -0.2) is 8.42 Å². The van der Waals surface area contributed by atoms with E-state index < -0.39 is 9.84 Å². The van der Waals surface area contributed by atoms with Gasteiger partial charge in [-0.05, 0) is 42.0 Å². The molecule has 0 aliphatic carbocycles. The van der Waals surface area contributed by atoms with Crippen molar-refractivity contribution in [1.29, 1.82) is 0 Å². The Bertz CT molecular complexity index is 771. The second-order valence-electron chi connectivity index (χ2n) is 4.94. The minimum Gasteiger partial charge on any atom is -0.484 e. The molecule has 0 unspecified atom stereocenters. The van der Waals surface area contributed by atoms with Crippen LogP contribution >= 0.6 is 11.6 Å². The van der Waals surface area contributed by atoms with Crippen molar-refractivity contribution in [3.63, 3.8) is 0 Å². The maximum absolute atomic E-state index is 11.7. The SMILES string of the molecule is CS(=O)(=O)c1ccc(OCC(=O)NCc2ccc(Cl)cc2)cc1. The van der Waals surface area contributed by atoms with Crippen LogP contribution in [0.2, 0.25) is 5.02 Å². The lowest BCUT2D eigenvalue weighted by Gasteiger charge is -2.08. The van der Waals surface area contributed by atoms with Gasteiger partial charge in [0.2, 0.25) is 0 Å². The number of sulfone groups is 1. The number of benzene rings is 2. The van der Waals surface area contributed by atoms with E-state index in [0.717, 1.165) is 11.8 Å². The summed E-state index contributed by atoms with van der Waals surface area (Å²) in [6.45, 7) is 0.234. The van der Waals surface area contributed by atoms with Crippen LogP contribution in [-0.4, -0.2) is 27.2 Å². The lowest BCUT2D eigenvalue weighted by molar-refractivity contribution is -0.123. The average molecular weight is 354 g/mol. The van der Waals surface area contributed by atoms with Gasteiger partial charge < -0.3 is 10.1 Å². The molecule has 122 valence electrons. The molecular formula is C16H16ClNO4S. The van der Waals surface area contributed by atoms with Gasteiger partial charge in [0.05, 0.1) is 4.90 Å². The Morgan fingerprint density at radius 2 is 1.70 bits per heavy atom. The predicted molar refractivity (Wildman–Crippen MR) is 88.3 cm³/mol. The molecule has 2 aromatic carbocycles. The number of rotatable bonds is 6. The van der Waals surface area contributed by atoms with Crippen LogP contribution in [0.15, 0.2) is 53.4 Å². The highest BCUT2D eigenvalue weighted by molar-refractivity contribution is 7.90. The van der Waals surface area contributed by atoms with E-state index in [0.29, 0.717) is 17.3 Å². The Labute approximate surface area is 140 Å². The van der Waals surface area contributed by atoms with E-state index in [2.05, 4.69) is 5.32 Å². The van der Waals surface area contributed by atoms with Crippen LogP contribution in [0.4, 0.5) is 0 Å². The average Bonchev–Trinajstić information content (AvgIpc) is 2.52. The molecule has 0 heterocycles. The highest BCUT2D eigenvalue weighted by Gasteiger charge is 2.07. The molecule has 1 N–H and O–H groups in total. The Balaban J connectivity index is 1.81. The molecule has 0 bridgehead atoms. The fourth-order valence-corrected chi connectivity index (χ4v) is 2.54. The van der Waals surface area contributed by atoms with Crippen molar-refractivity contribution >= 4 is 27.3 Å². The van der Waals surface area contributed by atoms with Crippen LogP contribution in [0.3, 0.4) is 0 Å². The van der Waals surface area contributed by atoms with E-state index in [4.69, 9.17) is 16.3 Å². The van der Waals surface area contributed by atoms with Gasteiger partial charge >= 0.3 is 0 Å². The lowest BCUT2D eigenvalue weighted by atomic mass is 10.2. The van der Waals surface area contributed by atoms with Crippen molar-refractivity contribution in [3.05, 3.63) is 59.1 Å². The third-order valence-electron chi connectivity index (χ3n) is 3.02. The number of hydrogen-bond donors (Lipinski definition) is 1. The molecule has 1 amide bonds. The van der Waals surface area contributed by atoms with Crippen molar-refractivity contribution in [3.8, 4) is 5.75 Å². The zero-order valence-electron chi connectivity index (χ0n) is 12.5. The van der Waals surface area contributed by atoms with Gasteiger partial charge in [0.1, 0.15) is 5.75 Å². The van der Waals surface area contributed by atoms with Crippen molar-refractivity contribution in [2.75, 3.05) is 12.9 Å². The van der Waals surface area contributed by atoms with Crippen molar-refractivity contribution in [2.24, 2.45) is 0 Å². The summed E-state index contributed by atoms with van der Waals surface area (Å²) < 4.78 is 28.0. The standard InChI is InChI=1S/C16H16ClNO4S/c1-23(20,21)15-8-6-14(7-9-15)22-11-16(19)18-10-12-2-4-13(17)5-3-12/h2-9H,10-11H2,1H3,(H,18,19). The molecule has 5 nitrogen and oxygen atoms in total. The van der Waals surface area contributed by atoms with Crippen LogP contribution in [-0.2, 0) is 21.2 Å². The van der Waals surface area contributed by atoms with E-state index >= 15 is 0 Å². The minimum atomic E-state index is -3.24. The topological polar surface area (TPSA) is 72.5 Å². The molecule has 0 fully saturated rings. The van der Waals surface area contributed by atoms with E-state index in [1.165, 1.54) is 24.3 Å². The van der Waals surface area contributed by atoms with Gasteiger partial charge in [-0.15, -0.1) is 0 Å². The molecule has 0 spiro atoms. The van der Waals surface area contributed by atoms with Crippen molar-refractivity contribution < 1.29 is 17.9 Å². The molecule has 0 saturated carbocycles. The van der Waals surface area contributed by atoms with Crippen LogP contribution < -0.4 is 10.1 Å². The highest BCUT2D eigenvalue weighted by Crippen LogP contribution is 2.15. The fraction of sp³-hybridized carbons (Fsp3) is 0.188. The van der Waals surface area contributed by atoms with Crippen LogP contribution in [0.5, 0.6) is 5.75 Å². The predicted octanol–water partition coefficient (Wildman–Crippen LogP) is 2.44. The van der Waals surface area contributed by atoms with Crippen molar-refractivity contribution in [1.82, 2.24) is 5.32 Å². The Morgan fingerprint density at radius 1 is 1.09 bits per heavy atom. The summed E-state index contributed by atoms with van der Waals surface area (Å²) in [6, 6.07) is 13.1. The number of nitrogens with one attached hydrogen (secondary N) is 1. The van der Waals surface area contributed by atoms with Crippen molar-refractivity contribution in [2.45, 2.75) is 11.4 Å². The Kier molecular flexibility index (Phi) is 5.63. The van der Waals surface area contributed by atoms with E-state index in [9.17, 15) is 13.2 Å². The minimum absolute atomic E-state index is 0.147. The number of carbonyl (C=O) groups excluding carboxylic acids is 1. The van der Waals surface area contributed by atoms with Gasteiger partial charge in [-0.3, -0.25) is 4.79 Å². The number of halogens is 1. The second kappa shape index (κ2) is 7.48. The summed E-state index contributed by atoms with van der Waals surface area (Å²) in [5, 5.41) is 3.36. The largest absolute Gasteiger partial charge is 0.484 e. The maximum Gasteiger partial charge on any atom is 0.258 e. The number of carbonyl (C=O) groups is 1.